The second kappa shape index (κ2) is 5.86. The van der Waals surface area contributed by atoms with Crippen molar-refractivity contribution in [3.05, 3.63) is 47.5 Å². The molecule has 1 aromatic rings. The van der Waals surface area contributed by atoms with Crippen molar-refractivity contribution >= 4 is 0 Å². The van der Waals surface area contributed by atoms with Crippen LogP contribution < -0.4 is 0 Å². The van der Waals surface area contributed by atoms with Crippen LogP contribution in [0.2, 0.25) is 0 Å². The number of hydrogen-bond acceptors (Lipinski definition) is 1. The Morgan fingerprint density at radius 1 is 1.19 bits per heavy atom. The van der Waals surface area contributed by atoms with E-state index in [-0.39, 0.29) is 0 Å². The van der Waals surface area contributed by atoms with E-state index in [1.165, 1.54) is 37.1 Å². The van der Waals surface area contributed by atoms with Crippen molar-refractivity contribution in [3.63, 3.8) is 0 Å². The summed E-state index contributed by atoms with van der Waals surface area (Å²) >= 11 is 0. The van der Waals surface area contributed by atoms with Crippen molar-refractivity contribution in [2.75, 3.05) is 13.1 Å². The maximum atomic E-state index is 2.55. The average molecular weight is 215 g/mol. The van der Waals surface area contributed by atoms with Crippen LogP contribution in [-0.4, -0.2) is 18.0 Å². The normalized spacial score (nSPS) is 17.3. The van der Waals surface area contributed by atoms with E-state index in [0.29, 0.717) is 0 Å². The summed E-state index contributed by atoms with van der Waals surface area (Å²) in [5.74, 6) is 0. The van der Waals surface area contributed by atoms with Crippen molar-refractivity contribution < 1.29 is 0 Å². The zero-order chi connectivity index (χ0) is 11.2. The first-order chi connectivity index (χ1) is 7.88. The Kier molecular flexibility index (Phi) is 4.17. The topological polar surface area (TPSA) is 3.24 Å². The smallest absolute Gasteiger partial charge is 0.0233 e. The first-order valence-electron chi connectivity index (χ1n) is 6.30. The molecule has 0 atom stereocenters. The van der Waals surface area contributed by atoms with Crippen molar-refractivity contribution in [3.8, 4) is 0 Å². The third-order valence-electron chi connectivity index (χ3n) is 3.19. The van der Waals surface area contributed by atoms with Crippen molar-refractivity contribution in [1.82, 2.24) is 4.90 Å². The molecule has 0 aliphatic carbocycles. The van der Waals surface area contributed by atoms with E-state index < -0.39 is 0 Å². The maximum absolute atomic E-state index is 2.55. The van der Waals surface area contributed by atoms with Gasteiger partial charge in [-0.2, -0.15) is 0 Å². The minimum Gasteiger partial charge on any atom is -0.299 e. The van der Waals surface area contributed by atoms with Crippen LogP contribution in [0.1, 0.15) is 30.9 Å². The van der Waals surface area contributed by atoms with Gasteiger partial charge in [0.05, 0.1) is 0 Å². The molecule has 1 aliphatic heterocycles. The molecule has 0 radical (unpaired) electrons. The zero-order valence-electron chi connectivity index (χ0n) is 10.2. The lowest BCUT2D eigenvalue weighted by Crippen LogP contribution is -2.18. The molecule has 1 heteroatoms. The third-order valence-corrected chi connectivity index (χ3v) is 3.19. The lowest BCUT2D eigenvalue weighted by atomic mass is 10.1. The maximum Gasteiger partial charge on any atom is 0.0233 e. The van der Waals surface area contributed by atoms with E-state index in [4.69, 9.17) is 0 Å². The fourth-order valence-electron chi connectivity index (χ4n) is 2.31. The second-order valence-corrected chi connectivity index (χ2v) is 4.58. The molecule has 1 saturated heterocycles. The Morgan fingerprint density at radius 2 is 1.94 bits per heavy atom. The van der Waals surface area contributed by atoms with Gasteiger partial charge < -0.3 is 0 Å². The fourth-order valence-corrected chi connectivity index (χ4v) is 2.31. The van der Waals surface area contributed by atoms with Gasteiger partial charge in [-0.15, -0.1) is 0 Å². The first-order valence-corrected chi connectivity index (χ1v) is 6.30. The molecule has 0 unspecified atom stereocenters. The molecule has 0 aromatic heterocycles. The molecule has 16 heavy (non-hydrogen) atoms. The van der Waals surface area contributed by atoms with E-state index in [1.807, 2.05) is 0 Å². The fraction of sp³-hybridized carbons (Fsp3) is 0.467. The van der Waals surface area contributed by atoms with Crippen LogP contribution >= 0.6 is 0 Å². The Labute approximate surface area is 98.8 Å². The minimum absolute atomic E-state index is 1.06. The summed E-state index contributed by atoms with van der Waals surface area (Å²) in [7, 11) is 0. The highest BCUT2D eigenvalue weighted by Crippen LogP contribution is 2.14. The van der Waals surface area contributed by atoms with Crippen LogP contribution in [-0.2, 0) is 13.0 Å². The second-order valence-electron chi connectivity index (χ2n) is 4.58. The lowest BCUT2D eigenvalue weighted by molar-refractivity contribution is 0.331. The molecule has 0 saturated carbocycles. The summed E-state index contributed by atoms with van der Waals surface area (Å²) in [6, 6.07) is 8.99. The highest BCUT2D eigenvalue weighted by molar-refractivity contribution is 5.25. The van der Waals surface area contributed by atoms with Crippen molar-refractivity contribution in [2.45, 2.75) is 32.7 Å². The van der Waals surface area contributed by atoms with Crippen LogP contribution in [0.3, 0.4) is 0 Å². The molecule has 1 aliphatic rings. The minimum atomic E-state index is 1.06. The van der Waals surface area contributed by atoms with Crippen molar-refractivity contribution in [1.29, 1.82) is 0 Å². The van der Waals surface area contributed by atoms with E-state index in [1.54, 1.807) is 0 Å². The van der Waals surface area contributed by atoms with Crippen molar-refractivity contribution in [2.24, 2.45) is 0 Å². The standard InChI is InChI=1S/C15H21N/c1-2-3-7-14-8-6-9-15(12-14)13-16-10-4-5-11-16/h2-3,6,8-9,12H,4-5,7,10-11,13H2,1H3/b3-2-. The van der Waals surface area contributed by atoms with Crippen LogP contribution in [0, 0.1) is 0 Å². The molecular formula is C15H21N. The number of nitrogens with zero attached hydrogens (tertiary/aromatic N) is 1. The predicted octanol–water partition coefficient (Wildman–Crippen LogP) is 3.40. The highest BCUT2D eigenvalue weighted by atomic mass is 15.1. The molecular weight excluding hydrogens is 194 g/mol. The lowest BCUT2D eigenvalue weighted by Gasteiger charge is -2.14. The molecule has 1 aromatic carbocycles. The van der Waals surface area contributed by atoms with Gasteiger partial charge in [0.2, 0.25) is 0 Å². The van der Waals surface area contributed by atoms with Gasteiger partial charge in [-0.3, -0.25) is 4.90 Å². The Balaban J connectivity index is 1.97. The largest absolute Gasteiger partial charge is 0.299 e. The quantitative estimate of drug-likeness (QED) is 0.696. The van der Waals surface area contributed by atoms with Gasteiger partial charge in [0.15, 0.2) is 0 Å². The molecule has 86 valence electrons. The predicted molar refractivity (Wildman–Crippen MR) is 69.5 cm³/mol. The summed E-state index contributed by atoms with van der Waals surface area (Å²) in [6.07, 6.45) is 8.14. The summed E-state index contributed by atoms with van der Waals surface area (Å²) in [6.45, 7) is 5.76. The SMILES string of the molecule is C/C=C\Cc1cccc(CN2CCCC2)c1. The molecule has 0 amide bonds. The average Bonchev–Trinajstić information content (AvgIpc) is 2.80. The number of rotatable bonds is 4. The van der Waals surface area contributed by atoms with Gasteiger partial charge in [-0.05, 0) is 50.4 Å². The Hall–Kier alpha value is -1.08. The third kappa shape index (κ3) is 3.21. The van der Waals surface area contributed by atoms with E-state index >= 15 is 0 Å². The molecule has 0 N–H and O–H groups in total. The van der Waals surface area contributed by atoms with E-state index in [2.05, 4.69) is 48.2 Å². The van der Waals surface area contributed by atoms with Crippen LogP contribution in [0.15, 0.2) is 36.4 Å². The summed E-state index contributed by atoms with van der Waals surface area (Å²) in [5.41, 5.74) is 2.89. The monoisotopic (exact) mass is 215 g/mol. The van der Waals surface area contributed by atoms with Gasteiger partial charge in [0.25, 0.3) is 0 Å². The molecule has 1 heterocycles. The summed E-state index contributed by atoms with van der Waals surface area (Å²) in [4.78, 5) is 2.55. The van der Waals surface area contributed by atoms with Gasteiger partial charge in [-0.1, -0.05) is 36.4 Å². The van der Waals surface area contributed by atoms with E-state index in [0.717, 1.165) is 13.0 Å². The molecule has 0 bridgehead atoms. The summed E-state index contributed by atoms with van der Waals surface area (Å²) in [5, 5.41) is 0. The molecule has 0 spiro atoms. The number of hydrogen-bond donors (Lipinski definition) is 0. The van der Waals surface area contributed by atoms with Gasteiger partial charge >= 0.3 is 0 Å². The molecule has 1 nitrogen and oxygen atoms in total. The van der Waals surface area contributed by atoms with Crippen LogP contribution in [0.25, 0.3) is 0 Å². The summed E-state index contributed by atoms with van der Waals surface area (Å²) < 4.78 is 0. The van der Waals surface area contributed by atoms with Gasteiger partial charge in [0.1, 0.15) is 0 Å². The number of likely N-dealkylation sites (tertiary alicyclic amines) is 1. The van der Waals surface area contributed by atoms with E-state index in [9.17, 15) is 0 Å². The Morgan fingerprint density at radius 3 is 2.69 bits per heavy atom. The Bertz CT molecular complexity index is 348. The zero-order valence-corrected chi connectivity index (χ0v) is 10.2. The number of benzene rings is 1. The number of allylic oxidation sites excluding steroid dienone is 2. The van der Waals surface area contributed by atoms with Crippen LogP contribution in [0.4, 0.5) is 0 Å². The highest BCUT2D eigenvalue weighted by Gasteiger charge is 2.11. The van der Waals surface area contributed by atoms with Gasteiger partial charge in [-0.25, -0.2) is 0 Å². The molecule has 1 fully saturated rings. The molecule has 2 rings (SSSR count). The van der Waals surface area contributed by atoms with Crippen LogP contribution in [0.5, 0.6) is 0 Å². The first kappa shape index (κ1) is 11.4. The van der Waals surface area contributed by atoms with Gasteiger partial charge in [0, 0.05) is 6.54 Å².